The number of para-hydroxylation sites is 1. The molecule has 1 aromatic carbocycles. The summed E-state index contributed by atoms with van der Waals surface area (Å²) >= 11 is 0. The Bertz CT molecular complexity index is 463. The zero-order valence-corrected chi connectivity index (χ0v) is 14.0. The molecule has 22 heavy (non-hydrogen) atoms. The highest BCUT2D eigenvalue weighted by atomic mass is 16.5. The van der Waals surface area contributed by atoms with Crippen LogP contribution in [-0.4, -0.2) is 54.9 Å². The minimum absolute atomic E-state index is 0.0830. The minimum Gasteiger partial charge on any atom is -0.389 e. The molecule has 0 fully saturated rings. The summed E-state index contributed by atoms with van der Waals surface area (Å²) in [5, 5.41) is 12.8. The third kappa shape index (κ3) is 7.02. The number of aliphatic hydroxyl groups excluding tert-OH is 1. The van der Waals surface area contributed by atoms with Gasteiger partial charge in [-0.1, -0.05) is 25.1 Å². The number of carbonyl (C=O) groups is 1. The number of anilines is 1. The van der Waals surface area contributed by atoms with Crippen LogP contribution >= 0.6 is 0 Å². The summed E-state index contributed by atoms with van der Waals surface area (Å²) in [6.45, 7) is 6.82. The lowest BCUT2D eigenvalue weighted by Gasteiger charge is -2.21. The number of nitrogens with zero attached hydrogens (tertiary/aromatic N) is 1. The third-order valence-electron chi connectivity index (χ3n) is 3.23. The van der Waals surface area contributed by atoms with Crippen LogP contribution in [0.1, 0.15) is 26.3 Å². The molecule has 0 bridgehead atoms. The molecule has 1 aromatic rings. The summed E-state index contributed by atoms with van der Waals surface area (Å²) in [5.41, 5.74) is 1.97. The highest BCUT2D eigenvalue weighted by Gasteiger charge is 2.13. The standard InChI is InChI=1S/C17H28N2O3/c1-5-14-8-6-7-9-16(14)18-17(21)11-19(4)10-15(20)12-22-13(2)3/h6-9,13,15,20H,5,10-12H2,1-4H3,(H,18,21). The van der Waals surface area contributed by atoms with Gasteiger partial charge in [-0.3, -0.25) is 9.69 Å². The van der Waals surface area contributed by atoms with Gasteiger partial charge in [0.25, 0.3) is 0 Å². The van der Waals surface area contributed by atoms with Crippen LogP contribution in [0.15, 0.2) is 24.3 Å². The number of hydrogen-bond donors (Lipinski definition) is 2. The van der Waals surface area contributed by atoms with E-state index in [1.165, 1.54) is 0 Å². The minimum atomic E-state index is -0.594. The molecule has 0 spiro atoms. The molecule has 0 aliphatic heterocycles. The van der Waals surface area contributed by atoms with E-state index in [4.69, 9.17) is 4.74 Å². The van der Waals surface area contributed by atoms with Crippen molar-refractivity contribution in [1.29, 1.82) is 0 Å². The predicted molar refractivity (Wildman–Crippen MR) is 89.0 cm³/mol. The van der Waals surface area contributed by atoms with Crippen LogP contribution in [0.25, 0.3) is 0 Å². The highest BCUT2D eigenvalue weighted by molar-refractivity contribution is 5.92. The first-order chi connectivity index (χ1) is 10.4. The number of ether oxygens (including phenoxy) is 1. The van der Waals surface area contributed by atoms with Crippen molar-refractivity contribution in [2.45, 2.75) is 39.4 Å². The van der Waals surface area contributed by atoms with Crippen molar-refractivity contribution >= 4 is 11.6 Å². The molecular weight excluding hydrogens is 280 g/mol. The van der Waals surface area contributed by atoms with Gasteiger partial charge in [0, 0.05) is 12.2 Å². The highest BCUT2D eigenvalue weighted by Crippen LogP contribution is 2.15. The smallest absolute Gasteiger partial charge is 0.238 e. The maximum atomic E-state index is 12.1. The lowest BCUT2D eigenvalue weighted by Crippen LogP contribution is -2.37. The third-order valence-corrected chi connectivity index (χ3v) is 3.23. The van der Waals surface area contributed by atoms with Crippen molar-refractivity contribution in [2.24, 2.45) is 0 Å². The van der Waals surface area contributed by atoms with Crippen molar-refractivity contribution in [3.63, 3.8) is 0 Å². The molecule has 0 aliphatic carbocycles. The SMILES string of the molecule is CCc1ccccc1NC(=O)CN(C)CC(O)COC(C)C. The molecule has 0 heterocycles. The fraction of sp³-hybridized carbons (Fsp3) is 0.588. The Morgan fingerprint density at radius 1 is 1.36 bits per heavy atom. The van der Waals surface area contributed by atoms with Gasteiger partial charge in [-0.05, 0) is 38.9 Å². The molecule has 0 radical (unpaired) electrons. The Kier molecular flexibility index (Phi) is 8.09. The van der Waals surface area contributed by atoms with E-state index < -0.39 is 6.10 Å². The number of carbonyl (C=O) groups excluding carboxylic acids is 1. The Labute approximate surface area is 133 Å². The molecular formula is C17H28N2O3. The first kappa shape index (κ1) is 18.6. The molecule has 5 nitrogen and oxygen atoms in total. The Hall–Kier alpha value is -1.43. The van der Waals surface area contributed by atoms with Crippen LogP contribution in [0, 0.1) is 0 Å². The van der Waals surface area contributed by atoms with E-state index in [1.807, 2.05) is 45.2 Å². The van der Waals surface area contributed by atoms with Crippen molar-refractivity contribution in [3.05, 3.63) is 29.8 Å². The molecule has 0 saturated heterocycles. The summed E-state index contributed by atoms with van der Waals surface area (Å²) in [4.78, 5) is 13.9. The van der Waals surface area contributed by atoms with Crippen LogP contribution in [0.4, 0.5) is 5.69 Å². The second kappa shape index (κ2) is 9.56. The van der Waals surface area contributed by atoms with Gasteiger partial charge in [0.15, 0.2) is 0 Å². The predicted octanol–water partition coefficient (Wildman–Crippen LogP) is 1.91. The largest absolute Gasteiger partial charge is 0.389 e. The molecule has 124 valence electrons. The van der Waals surface area contributed by atoms with E-state index in [9.17, 15) is 9.90 Å². The number of hydrogen-bond acceptors (Lipinski definition) is 4. The van der Waals surface area contributed by atoms with Crippen LogP contribution in [-0.2, 0) is 16.0 Å². The fourth-order valence-electron chi connectivity index (χ4n) is 2.17. The maximum absolute atomic E-state index is 12.1. The van der Waals surface area contributed by atoms with Gasteiger partial charge in [-0.25, -0.2) is 0 Å². The van der Waals surface area contributed by atoms with Crippen LogP contribution < -0.4 is 5.32 Å². The molecule has 1 amide bonds. The fourth-order valence-corrected chi connectivity index (χ4v) is 2.17. The first-order valence-electron chi connectivity index (χ1n) is 7.78. The number of aryl methyl sites for hydroxylation is 1. The van der Waals surface area contributed by atoms with Crippen LogP contribution in [0.3, 0.4) is 0 Å². The summed E-state index contributed by atoms with van der Waals surface area (Å²) in [6.07, 6.45) is 0.370. The zero-order chi connectivity index (χ0) is 16.5. The number of amides is 1. The number of likely N-dealkylation sites (N-methyl/N-ethyl adjacent to an activating group) is 1. The van der Waals surface area contributed by atoms with E-state index in [2.05, 4.69) is 12.2 Å². The molecule has 1 unspecified atom stereocenters. The van der Waals surface area contributed by atoms with Gasteiger partial charge in [-0.15, -0.1) is 0 Å². The topological polar surface area (TPSA) is 61.8 Å². The van der Waals surface area contributed by atoms with E-state index in [0.717, 1.165) is 17.7 Å². The van der Waals surface area contributed by atoms with E-state index in [0.29, 0.717) is 6.54 Å². The van der Waals surface area contributed by atoms with E-state index >= 15 is 0 Å². The number of rotatable bonds is 9. The summed E-state index contributed by atoms with van der Waals surface area (Å²) in [5.74, 6) is -0.0830. The Morgan fingerprint density at radius 2 is 2.05 bits per heavy atom. The molecule has 0 aliphatic rings. The number of nitrogens with one attached hydrogen (secondary N) is 1. The average molecular weight is 308 g/mol. The van der Waals surface area contributed by atoms with Gasteiger partial charge in [-0.2, -0.15) is 0 Å². The molecule has 0 aromatic heterocycles. The average Bonchev–Trinajstić information content (AvgIpc) is 2.45. The maximum Gasteiger partial charge on any atom is 0.238 e. The molecule has 2 N–H and O–H groups in total. The molecule has 1 atom stereocenters. The van der Waals surface area contributed by atoms with Gasteiger partial charge in [0.2, 0.25) is 5.91 Å². The van der Waals surface area contributed by atoms with Gasteiger partial charge < -0.3 is 15.2 Å². The van der Waals surface area contributed by atoms with Crippen LogP contribution in [0.5, 0.6) is 0 Å². The number of benzene rings is 1. The quantitative estimate of drug-likeness (QED) is 0.731. The summed E-state index contributed by atoms with van der Waals surface area (Å²) in [7, 11) is 1.81. The molecule has 0 saturated carbocycles. The van der Waals surface area contributed by atoms with Gasteiger partial charge in [0.1, 0.15) is 0 Å². The van der Waals surface area contributed by atoms with E-state index in [-0.39, 0.29) is 25.2 Å². The van der Waals surface area contributed by atoms with Crippen molar-refractivity contribution in [3.8, 4) is 0 Å². The second-order valence-electron chi connectivity index (χ2n) is 5.79. The zero-order valence-electron chi connectivity index (χ0n) is 14.0. The lowest BCUT2D eigenvalue weighted by molar-refractivity contribution is -0.117. The first-order valence-corrected chi connectivity index (χ1v) is 7.78. The Morgan fingerprint density at radius 3 is 2.68 bits per heavy atom. The Balaban J connectivity index is 2.41. The lowest BCUT2D eigenvalue weighted by atomic mass is 10.1. The molecule has 1 rings (SSSR count). The summed E-state index contributed by atoms with van der Waals surface area (Å²) in [6, 6.07) is 7.78. The van der Waals surface area contributed by atoms with Crippen molar-refractivity contribution in [2.75, 3.05) is 32.1 Å². The second-order valence-corrected chi connectivity index (χ2v) is 5.79. The molecule has 5 heteroatoms. The monoisotopic (exact) mass is 308 g/mol. The van der Waals surface area contributed by atoms with Crippen molar-refractivity contribution in [1.82, 2.24) is 4.90 Å². The summed E-state index contributed by atoms with van der Waals surface area (Å²) < 4.78 is 5.36. The number of aliphatic hydroxyl groups is 1. The van der Waals surface area contributed by atoms with Crippen LogP contribution in [0.2, 0.25) is 0 Å². The van der Waals surface area contributed by atoms with Gasteiger partial charge in [0.05, 0.1) is 25.4 Å². The van der Waals surface area contributed by atoms with Crippen molar-refractivity contribution < 1.29 is 14.6 Å². The van der Waals surface area contributed by atoms with Gasteiger partial charge >= 0.3 is 0 Å². The normalized spacial score (nSPS) is 12.7. The van der Waals surface area contributed by atoms with E-state index in [1.54, 1.807) is 4.90 Å².